The Balaban J connectivity index is 1.66. The van der Waals surface area contributed by atoms with Crippen molar-refractivity contribution in [2.24, 2.45) is 0 Å². The molecule has 0 radical (unpaired) electrons. The Bertz CT molecular complexity index is 1040. The smallest absolute Gasteiger partial charge is 0.220 e. The monoisotopic (exact) mass is 743 g/mol. The van der Waals surface area contributed by atoms with Crippen LogP contribution in [-0.2, 0) is 33.2 Å². The van der Waals surface area contributed by atoms with Gasteiger partial charge in [0.05, 0.1) is 38.6 Å². The zero-order valence-corrected chi connectivity index (χ0v) is 28.8. The van der Waals surface area contributed by atoms with E-state index in [1.807, 2.05) is 13.8 Å². The third-order valence-electron chi connectivity index (χ3n) is 9.07. The normalized spacial score (nSPS) is 40.3. The van der Waals surface area contributed by atoms with E-state index in [0.29, 0.717) is 12.8 Å². The van der Waals surface area contributed by atoms with E-state index in [-0.39, 0.29) is 18.9 Å². The van der Waals surface area contributed by atoms with E-state index in [9.17, 15) is 61.0 Å². The highest BCUT2D eigenvalue weighted by Crippen LogP contribution is 2.32. The van der Waals surface area contributed by atoms with Crippen LogP contribution in [-0.4, -0.2) is 193 Å². The molecular weight excluding hydrogens is 686 g/mol. The lowest BCUT2D eigenvalue weighted by Gasteiger charge is -2.48. The number of carbonyl (C=O) groups is 1. The summed E-state index contributed by atoms with van der Waals surface area (Å²) in [6, 6.07) is -0.956. The first-order valence-corrected chi connectivity index (χ1v) is 17.4. The molecule has 12 N–H and O–H groups in total. The standard InChI is InChI=1S/C32H57NO18/c1-3-5-7-9-16(37)15(33-20(38)10-8-6-4-2)14-46-30-26(44)23(41)28(18(12-35)48-30)51-32-27(45)24(42)29(19(13-36)49-32)50-31-25(43)22(40)21(39)17(11-34)47-31/h7,9,15-19,21-32,34-37,39-45H,3-6,8,10-14H2,1-2H3,(H,33,38)/b9-7+. The van der Waals surface area contributed by atoms with Crippen molar-refractivity contribution < 1.29 is 89.4 Å². The van der Waals surface area contributed by atoms with Crippen molar-refractivity contribution in [3.8, 4) is 0 Å². The van der Waals surface area contributed by atoms with E-state index >= 15 is 0 Å². The van der Waals surface area contributed by atoms with E-state index in [4.69, 9.17) is 28.4 Å². The molecular formula is C32H57NO18. The molecule has 3 saturated heterocycles. The Morgan fingerprint density at radius 3 is 1.73 bits per heavy atom. The summed E-state index contributed by atoms with van der Waals surface area (Å²) in [6.07, 6.45) is -19.3. The first-order valence-electron chi connectivity index (χ1n) is 17.4. The van der Waals surface area contributed by atoms with Crippen LogP contribution in [0.25, 0.3) is 0 Å². The van der Waals surface area contributed by atoms with Crippen molar-refractivity contribution >= 4 is 5.91 Å². The van der Waals surface area contributed by atoms with Crippen LogP contribution >= 0.6 is 0 Å². The second kappa shape index (κ2) is 21.4. The van der Waals surface area contributed by atoms with Gasteiger partial charge in [-0.2, -0.15) is 0 Å². The minimum atomic E-state index is -1.97. The zero-order chi connectivity index (χ0) is 37.8. The molecule has 0 aliphatic carbocycles. The molecule has 0 aromatic heterocycles. The van der Waals surface area contributed by atoms with Crippen LogP contribution in [0.4, 0.5) is 0 Å². The van der Waals surface area contributed by atoms with Gasteiger partial charge in [0.25, 0.3) is 0 Å². The summed E-state index contributed by atoms with van der Waals surface area (Å²) in [4.78, 5) is 12.5. The van der Waals surface area contributed by atoms with Gasteiger partial charge in [0.1, 0.15) is 73.2 Å². The van der Waals surface area contributed by atoms with Crippen LogP contribution in [0.5, 0.6) is 0 Å². The lowest BCUT2D eigenvalue weighted by molar-refractivity contribution is -0.379. The summed E-state index contributed by atoms with van der Waals surface area (Å²) >= 11 is 0. The van der Waals surface area contributed by atoms with Gasteiger partial charge < -0.3 is 89.9 Å². The third kappa shape index (κ3) is 11.5. The maximum absolute atomic E-state index is 12.5. The lowest BCUT2D eigenvalue weighted by atomic mass is 9.96. The van der Waals surface area contributed by atoms with Gasteiger partial charge in [-0.25, -0.2) is 0 Å². The Morgan fingerprint density at radius 1 is 0.686 bits per heavy atom. The number of hydrogen-bond acceptors (Lipinski definition) is 18. The second-order valence-electron chi connectivity index (χ2n) is 13.0. The van der Waals surface area contributed by atoms with Crippen LogP contribution in [0.15, 0.2) is 12.2 Å². The van der Waals surface area contributed by atoms with Gasteiger partial charge in [-0.05, 0) is 12.8 Å². The van der Waals surface area contributed by atoms with Crippen molar-refractivity contribution in [3.63, 3.8) is 0 Å². The topological polar surface area (TPSA) is 307 Å². The molecule has 3 aliphatic heterocycles. The SMILES string of the molecule is CCC/C=C/C(O)C(COC1OC(CO)C(OC2OC(CO)C(OC3OC(CO)C(O)C(O)C3O)C(O)C2O)C(O)C1O)NC(=O)CCCCC. The van der Waals surface area contributed by atoms with E-state index in [1.165, 1.54) is 6.08 Å². The predicted molar refractivity (Wildman–Crippen MR) is 171 cm³/mol. The fraction of sp³-hybridized carbons (Fsp3) is 0.906. The van der Waals surface area contributed by atoms with Gasteiger partial charge in [0.2, 0.25) is 5.91 Å². The van der Waals surface area contributed by atoms with Crippen molar-refractivity contribution in [1.29, 1.82) is 0 Å². The summed E-state index contributed by atoms with van der Waals surface area (Å²) in [5.41, 5.74) is 0. The van der Waals surface area contributed by atoms with Crippen molar-refractivity contribution in [2.45, 2.75) is 157 Å². The number of ether oxygens (including phenoxy) is 6. The van der Waals surface area contributed by atoms with Crippen LogP contribution in [0.2, 0.25) is 0 Å². The van der Waals surface area contributed by atoms with E-state index in [0.717, 1.165) is 19.3 Å². The van der Waals surface area contributed by atoms with Gasteiger partial charge in [-0.15, -0.1) is 0 Å². The van der Waals surface area contributed by atoms with Crippen LogP contribution < -0.4 is 5.32 Å². The number of amides is 1. The Labute approximate surface area is 295 Å². The summed E-state index contributed by atoms with van der Waals surface area (Å²) in [7, 11) is 0. The number of unbranched alkanes of at least 4 members (excludes halogenated alkanes) is 3. The van der Waals surface area contributed by atoms with Gasteiger partial charge in [0.15, 0.2) is 18.9 Å². The first kappa shape index (κ1) is 43.9. The quantitative estimate of drug-likeness (QED) is 0.0437. The number of aliphatic hydroxyl groups is 11. The minimum Gasteiger partial charge on any atom is -0.394 e. The van der Waals surface area contributed by atoms with Gasteiger partial charge >= 0.3 is 0 Å². The number of hydrogen-bond donors (Lipinski definition) is 12. The van der Waals surface area contributed by atoms with Crippen LogP contribution in [0.3, 0.4) is 0 Å². The minimum absolute atomic E-state index is 0.226. The molecule has 0 saturated carbocycles. The van der Waals surface area contributed by atoms with Gasteiger partial charge in [-0.1, -0.05) is 45.3 Å². The Kier molecular flexibility index (Phi) is 18.5. The largest absolute Gasteiger partial charge is 0.394 e. The molecule has 19 nitrogen and oxygen atoms in total. The van der Waals surface area contributed by atoms with Crippen molar-refractivity contribution in [1.82, 2.24) is 5.32 Å². The number of nitrogens with one attached hydrogen (secondary N) is 1. The molecule has 3 rings (SSSR count). The summed E-state index contributed by atoms with van der Waals surface area (Å²) in [5, 5.41) is 117. The molecule has 1 amide bonds. The maximum atomic E-state index is 12.5. The zero-order valence-electron chi connectivity index (χ0n) is 28.8. The molecule has 3 aliphatic rings. The summed E-state index contributed by atoms with van der Waals surface area (Å²) in [5.74, 6) is -0.318. The number of carbonyl (C=O) groups excluding carboxylic acids is 1. The molecule has 0 spiro atoms. The molecule has 0 aromatic carbocycles. The average Bonchev–Trinajstić information content (AvgIpc) is 3.12. The highest BCUT2D eigenvalue weighted by Gasteiger charge is 2.53. The third-order valence-corrected chi connectivity index (χ3v) is 9.07. The summed E-state index contributed by atoms with van der Waals surface area (Å²) in [6.45, 7) is 1.18. The number of rotatable bonds is 19. The lowest BCUT2D eigenvalue weighted by Crippen LogP contribution is -2.66. The molecule has 19 heteroatoms. The molecule has 17 atom stereocenters. The first-order chi connectivity index (χ1) is 24.3. The van der Waals surface area contributed by atoms with Crippen molar-refractivity contribution in [3.05, 3.63) is 12.2 Å². The molecule has 0 bridgehead atoms. The molecule has 51 heavy (non-hydrogen) atoms. The molecule has 0 aromatic rings. The molecule has 3 fully saturated rings. The predicted octanol–water partition coefficient (Wildman–Crippen LogP) is -4.77. The van der Waals surface area contributed by atoms with Crippen LogP contribution in [0, 0.1) is 0 Å². The summed E-state index contributed by atoms with van der Waals surface area (Å²) < 4.78 is 33.4. The molecule has 3 heterocycles. The van der Waals surface area contributed by atoms with Gasteiger partial charge in [-0.3, -0.25) is 4.79 Å². The van der Waals surface area contributed by atoms with E-state index < -0.39 is 124 Å². The molecule has 298 valence electrons. The maximum Gasteiger partial charge on any atom is 0.220 e. The van der Waals surface area contributed by atoms with Crippen LogP contribution in [0.1, 0.15) is 52.4 Å². The Morgan fingerprint density at radius 2 is 1.20 bits per heavy atom. The molecule has 17 unspecified atom stereocenters. The van der Waals surface area contributed by atoms with Crippen molar-refractivity contribution in [2.75, 3.05) is 26.4 Å². The second-order valence-corrected chi connectivity index (χ2v) is 13.0. The Hall–Kier alpha value is -1.47. The average molecular weight is 744 g/mol. The highest BCUT2D eigenvalue weighted by atomic mass is 16.8. The van der Waals surface area contributed by atoms with E-state index in [1.54, 1.807) is 6.08 Å². The van der Waals surface area contributed by atoms with Gasteiger partial charge in [0, 0.05) is 6.42 Å². The fourth-order valence-corrected chi connectivity index (χ4v) is 5.96. The number of allylic oxidation sites excluding steroid dienone is 1. The highest BCUT2D eigenvalue weighted by molar-refractivity contribution is 5.76. The fourth-order valence-electron chi connectivity index (χ4n) is 5.96. The van der Waals surface area contributed by atoms with E-state index in [2.05, 4.69) is 5.32 Å². The number of aliphatic hydroxyl groups excluding tert-OH is 11.